The quantitative estimate of drug-likeness (QED) is 0.758. The van der Waals surface area contributed by atoms with Crippen LogP contribution in [0, 0.1) is 6.92 Å². The third-order valence-electron chi connectivity index (χ3n) is 2.90. The van der Waals surface area contributed by atoms with Gasteiger partial charge in [0.2, 0.25) is 0 Å². The minimum atomic E-state index is -1.09. The Balaban J connectivity index is 2.46. The van der Waals surface area contributed by atoms with Gasteiger partial charge in [-0.25, -0.2) is 4.68 Å². The lowest BCUT2D eigenvalue weighted by atomic mass is 10.1. The van der Waals surface area contributed by atoms with Crippen LogP contribution in [0.3, 0.4) is 0 Å². The summed E-state index contributed by atoms with van der Waals surface area (Å²) in [4.78, 5) is 0. The maximum absolute atomic E-state index is 10.1. The Morgan fingerprint density at radius 2 is 1.95 bits per heavy atom. The number of aromatic nitrogens is 2. The second kappa shape index (κ2) is 5.96. The number of hydrogen-bond acceptors (Lipinski definition) is 4. The number of hydrogen-bond donors (Lipinski definition) is 3. The van der Waals surface area contributed by atoms with Crippen molar-refractivity contribution in [3.05, 3.63) is 46.7 Å². The fourth-order valence-electron chi connectivity index (χ4n) is 1.88. The highest BCUT2D eigenvalue weighted by atomic mass is 35.5. The Kier molecular flexibility index (Phi) is 4.52. The number of nitrogens with zero attached hydrogens (tertiary/aromatic N) is 2. The summed E-state index contributed by atoms with van der Waals surface area (Å²) in [5, 5.41) is 24.4. The first-order valence-electron chi connectivity index (χ1n) is 5.83. The lowest BCUT2D eigenvalue weighted by Gasteiger charge is -2.15. The molecule has 0 saturated heterocycles. The van der Waals surface area contributed by atoms with E-state index in [0.29, 0.717) is 16.4 Å². The summed E-state index contributed by atoms with van der Waals surface area (Å²) in [6.45, 7) is 1.75. The second-order valence-corrected chi connectivity index (χ2v) is 4.96. The van der Waals surface area contributed by atoms with Gasteiger partial charge in [0.25, 0.3) is 0 Å². The summed E-state index contributed by atoms with van der Waals surface area (Å²) in [6.07, 6.45) is -2.07. The number of aryl methyl sites for hydroxylation is 1. The summed E-state index contributed by atoms with van der Waals surface area (Å²) >= 11 is 10.2. The third kappa shape index (κ3) is 2.79. The highest BCUT2D eigenvalue weighted by Gasteiger charge is 2.26. The Morgan fingerprint density at radius 1 is 1.32 bits per heavy atom. The molecule has 0 saturated carbocycles. The number of benzene rings is 1. The second-order valence-electron chi connectivity index (χ2n) is 4.23. The van der Waals surface area contributed by atoms with E-state index in [2.05, 4.69) is 17.7 Å². The van der Waals surface area contributed by atoms with Crippen LogP contribution in [0.25, 0.3) is 5.69 Å². The molecule has 0 aliphatic rings. The van der Waals surface area contributed by atoms with Crippen molar-refractivity contribution >= 4 is 24.2 Å². The lowest BCUT2D eigenvalue weighted by Crippen LogP contribution is -2.20. The molecule has 19 heavy (non-hydrogen) atoms. The van der Waals surface area contributed by atoms with E-state index in [1.165, 1.54) is 0 Å². The normalized spacial score (nSPS) is 14.4. The van der Waals surface area contributed by atoms with Crippen molar-refractivity contribution in [3.8, 4) is 5.69 Å². The minimum Gasteiger partial charge on any atom is -0.389 e. The molecule has 2 N–H and O–H groups in total. The molecule has 0 spiro atoms. The topological polar surface area (TPSA) is 58.3 Å². The van der Waals surface area contributed by atoms with E-state index in [4.69, 9.17) is 11.6 Å². The predicted octanol–water partition coefficient (Wildman–Crippen LogP) is 2.16. The highest BCUT2D eigenvalue weighted by molar-refractivity contribution is 7.80. The van der Waals surface area contributed by atoms with Crippen LogP contribution >= 0.6 is 24.2 Å². The molecule has 0 bridgehead atoms. The molecule has 0 amide bonds. The molecule has 2 rings (SSSR count). The summed E-state index contributed by atoms with van der Waals surface area (Å²) < 4.78 is 1.54. The molecule has 6 heteroatoms. The molecule has 102 valence electrons. The van der Waals surface area contributed by atoms with E-state index in [9.17, 15) is 10.2 Å². The van der Waals surface area contributed by atoms with Crippen LogP contribution in [0.15, 0.2) is 30.3 Å². The van der Waals surface area contributed by atoms with Gasteiger partial charge in [-0.05, 0) is 19.1 Å². The maximum atomic E-state index is 10.1. The van der Waals surface area contributed by atoms with Gasteiger partial charge in [0, 0.05) is 11.3 Å². The molecule has 4 nitrogen and oxygen atoms in total. The lowest BCUT2D eigenvalue weighted by molar-refractivity contribution is 0.0334. The number of rotatable bonds is 4. The van der Waals surface area contributed by atoms with Gasteiger partial charge in [-0.3, -0.25) is 0 Å². The minimum absolute atomic E-state index is 0.146. The van der Waals surface area contributed by atoms with Crippen LogP contribution in [0.4, 0.5) is 0 Å². The van der Waals surface area contributed by atoms with Gasteiger partial charge < -0.3 is 10.2 Å². The first-order valence-corrected chi connectivity index (χ1v) is 6.84. The molecule has 0 radical (unpaired) electrons. The smallest absolute Gasteiger partial charge is 0.139 e. The zero-order valence-corrected chi connectivity index (χ0v) is 12.0. The standard InChI is InChI=1S/C13H15ClN2O2S/c1-8-11(12(18)10(17)7-19)13(14)16(15-8)9-5-3-2-4-6-9/h2-6,10,12,17-19H,7H2,1H3. The van der Waals surface area contributed by atoms with E-state index in [-0.39, 0.29) is 5.75 Å². The molecule has 0 aliphatic heterocycles. The largest absolute Gasteiger partial charge is 0.389 e. The van der Waals surface area contributed by atoms with Crippen LogP contribution in [0.1, 0.15) is 17.4 Å². The number of halogens is 1. The van der Waals surface area contributed by atoms with Crippen molar-refractivity contribution < 1.29 is 10.2 Å². The molecule has 0 aliphatic carbocycles. The van der Waals surface area contributed by atoms with E-state index in [1.807, 2.05) is 30.3 Å². The van der Waals surface area contributed by atoms with Gasteiger partial charge in [-0.15, -0.1) is 0 Å². The Morgan fingerprint density at radius 3 is 2.53 bits per heavy atom. The highest BCUT2D eigenvalue weighted by Crippen LogP contribution is 2.30. The fraction of sp³-hybridized carbons (Fsp3) is 0.308. The summed E-state index contributed by atoms with van der Waals surface area (Å²) in [7, 11) is 0. The van der Waals surface area contributed by atoms with E-state index in [0.717, 1.165) is 5.69 Å². The van der Waals surface area contributed by atoms with Crippen molar-refractivity contribution in [2.45, 2.75) is 19.1 Å². The molecule has 1 aromatic carbocycles. The number of aliphatic hydroxyl groups is 2. The van der Waals surface area contributed by atoms with Crippen molar-refractivity contribution in [1.82, 2.24) is 9.78 Å². The van der Waals surface area contributed by atoms with Crippen molar-refractivity contribution in [2.24, 2.45) is 0 Å². The Labute approximate surface area is 122 Å². The Bertz CT molecular complexity index is 559. The molecular formula is C13H15ClN2O2S. The van der Waals surface area contributed by atoms with Gasteiger partial charge in [-0.1, -0.05) is 29.8 Å². The van der Waals surface area contributed by atoms with Gasteiger partial charge >= 0.3 is 0 Å². The zero-order valence-electron chi connectivity index (χ0n) is 10.4. The fourth-order valence-corrected chi connectivity index (χ4v) is 2.46. The van der Waals surface area contributed by atoms with Gasteiger partial charge in [-0.2, -0.15) is 17.7 Å². The van der Waals surface area contributed by atoms with Crippen LogP contribution in [0.2, 0.25) is 5.15 Å². The first kappa shape index (κ1) is 14.4. The van der Waals surface area contributed by atoms with Gasteiger partial charge in [0.05, 0.1) is 17.5 Å². The first-order chi connectivity index (χ1) is 9.06. The van der Waals surface area contributed by atoms with E-state index >= 15 is 0 Å². The molecule has 2 aromatic rings. The van der Waals surface area contributed by atoms with E-state index in [1.54, 1.807) is 11.6 Å². The van der Waals surface area contributed by atoms with Crippen LogP contribution in [0.5, 0.6) is 0 Å². The summed E-state index contributed by atoms with van der Waals surface area (Å²) in [5.74, 6) is 0.146. The van der Waals surface area contributed by atoms with Crippen molar-refractivity contribution in [3.63, 3.8) is 0 Å². The van der Waals surface area contributed by atoms with E-state index < -0.39 is 12.2 Å². The third-order valence-corrected chi connectivity index (χ3v) is 3.63. The van der Waals surface area contributed by atoms with Crippen LogP contribution < -0.4 is 0 Å². The zero-order chi connectivity index (χ0) is 14.0. The summed E-state index contributed by atoms with van der Waals surface area (Å²) in [5.41, 5.74) is 1.82. The van der Waals surface area contributed by atoms with Crippen molar-refractivity contribution in [2.75, 3.05) is 5.75 Å². The van der Waals surface area contributed by atoms with Gasteiger partial charge in [0.1, 0.15) is 11.3 Å². The molecule has 2 unspecified atom stereocenters. The molecule has 2 atom stereocenters. The molecule has 1 aromatic heterocycles. The van der Waals surface area contributed by atoms with Crippen molar-refractivity contribution in [1.29, 1.82) is 0 Å². The number of aliphatic hydroxyl groups excluding tert-OH is 2. The average Bonchev–Trinajstić information content (AvgIpc) is 2.73. The van der Waals surface area contributed by atoms with Crippen LogP contribution in [-0.4, -0.2) is 31.9 Å². The molecule has 1 heterocycles. The average molecular weight is 299 g/mol. The Hall–Kier alpha value is -1.01. The maximum Gasteiger partial charge on any atom is 0.139 e. The predicted molar refractivity (Wildman–Crippen MR) is 78.1 cm³/mol. The molecule has 0 fully saturated rings. The molecular weight excluding hydrogens is 284 g/mol. The SMILES string of the molecule is Cc1nn(-c2ccccc2)c(Cl)c1C(O)C(O)CS. The van der Waals surface area contributed by atoms with Gasteiger partial charge in [0.15, 0.2) is 0 Å². The number of para-hydroxylation sites is 1. The number of thiol groups is 1. The summed E-state index contributed by atoms with van der Waals surface area (Å²) in [6, 6.07) is 9.38. The van der Waals surface area contributed by atoms with Crippen LogP contribution in [-0.2, 0) is 0 Å². The monoisotopic (exact) mass is 298 g/mol.